The first-order valence-electron chi connectivity index (χ1n) is 9.19. The Labute approximate surface area is 179 Å². The smallest absolute Gasteiger partial charge is 0.227 e. The Morgan fingerprint density at radius 1 is 1.31 bits per heavy atom. The topological polar surface area (TPSA) is 103 Å². The number of halogens is 1. The molecule has 1 heterocycles. The average Bonchev–Trinajstić information content (AvgIpc) is 2.59. The van der Waals surface area contributed by atoms with Gasteiger partial charge in [-0.15, -0.1) is 0 Å². The maximum absolute atomic E-state index is 12.3. The lowest BCUT2D eigenvalue weighted by Crippen LogP contribution is -2.40. The lowest BCUT2D eigenvalue weighted by atomic mass is 9.95. The van der Waals surface area contributed by atoms with Crippen molar-refractivity contribution < 1.29 is 18.9 Å². The van der Waals surface area contributed by atoms with Crippen molar-refractivity contribution in [2.45, 2.75) is 51.4 Å². The molecule has 1 aromatic heterocycles. The van der Waals surface area contributed by atoms with Gasteiger partial charge in [-0.2, -0.15) is 0 Å². The van der Waals surface area contributed by atoms with E-state index in [1.54, 1.807) is 24.3 Å². The summed E-state index contributed by atoms with van der Waals surface area (Å²) in [5.74, 6) is -1.42. The molecule has 7 nitrogen and oxygen atoms in total. The SMILES string of the molecule is CC(C)(C)[Si](C)(C)OCc1cc(=O)c(O)c([C@H](C[N+](=O)[O-])c2cccc(Br)c2)o1. The summed E-state index contributed by atoms with van der Waals surface area (Å²) in [5.41, 5.74) is -0.0968. The summed E-state index contributed by atoms with van der Waals surface area (Å²) >= 11 is 3.34. The standard InChI is InChI=1S/C20H26BrNO6Si/c1-20(2,3)29(4,5)27-12-15-10-17(23)18(24)19(28-15)16(11-22(25)26)13-7-6-8-14(21)9-13/h6-10,16,24H,11-12H2,1-5H3/t16-/m1/s1. The Morgan fingerprint density at radius 3 is 2.52 bits per heavy atom. The molecule has 0 amide bonds. The Morgan fingerprint density at radius 2 is 1.97 bits per heavy atom. The van der Waals surface area contributed by atoms with Crippen LogP contribution < -0.4 is 5.43 Å². The van der Waals surface area contributed by atoms with Gasteiger partial charge in [-0.1, -0.05) is 48.8 Å². The maximum Gasteiger partial charge on any atom is 0.227 e. The summed E-state index contributed by atoms with van der Waals surface area (Å²) in [6, 6.07) is 8.08. The summed E-state index contributed by atoms with van der Waals surface area (Å²) in [6.07, 6.45) is 0. The average molecular weight is 484 g/mol. The van der Waals surface area contributed by atoms with E-state index in [1.807, 2.05) is 0 Å². The molecule has 0 spiro atoms. The Kier molecular flexibility index (Phi) is 7.08. The quantitative estimate of drug-likeness (QED) is 0.336. The normalized spacial score (nSPS) is 13.3. The van der Waals surface area contributed by atoms with Gasteiger partial charge in [0, 0.05) is 15.5 Å². The van der Waals surface area contributed by atoms with Crippen molar-refractivity contribution in [3.05, 3.63) is 72.2 Å². The second-order valence-electron chi connectivity index (χ2n) is 8.46. The first kappa shape index (κ1) is 23.3. The zero-order valence-corrected chi connectivity index (χ0v) is 19.8. The van der Waals surface area contributed by atoms with E-state index in [-0.39, 0.29) is 23.2 Å². The summed E-state index contributed by atoms with van der Waals surface area (Å²) < 4.78 is 12.6. The fourth-order valence-corrected chi connectivity index (χ4v) is 3.90. The van der Waals surface area contributed by atoms with Crippen LogP contribution in [0.3, 0.4) is 0 Å². The van der Waals surface area contributed by atoms with Crippen LogP contribution in [-0.4, -0.2) is 24.9 Å². The third kappa shape index (κ3) is 5.77. The fourth-order valence-electron chi connectivity index (χ4n) is 2.54. The van der Waals surface area contributed by atoms with E-state index in [0.717, 1.165) is 4.47 Å². The van der Waals surface area contributed by atoms with Crippen LogP contribution >= 0.6 is 15.9 Å². The van der Waals surface area contributed by atoms with Crippen molar-refractivity contribution in [3.63, 3.8) is 0 Å². The van der Waals surface area contributed by atoms with Gasteiger partial charge in [0.25, 0.3) is 0 Å². The van der Waals surface area contributed by atoms with E-state index in [0.29, 0.717) is 5.56 Å². The van der Waals surface area contributed by atoms with E-state index < -0.39 is 36.9 Å². The zero-order chi connectivity index (χ0) is 22.0. The summed E-state index contributed by atoms with van der Waals surface area (Å²) in [4.78, 5) is 23.1. The van der Waals surface area contributed by atoms with Gasteiger partial charge in [0.2, 0.25) is 17.7 Å². The molecule has 2 aromatic rings. The van der Waals surface area contributed by atoms with Gasteiger partial charge in [0.05, 0.1) is 6.61 Å². The highest BCUT2D eigenvalue weighted by Gasteiger charge is 2.37. The van der Waals surface area contributed by atoms with Gasteiger partial charge in [-0.25, -0.2) is 0 Å². The first-order valence-corrected chi connectivity index (χ1v) is 12.9. The predicted octanol–water partition coefficient (Wildman–Crippen LogP) is 5.04. The number of hydrogen-bond donors (Lipinski definition) is 1. The number of rotatable bonds is 7. The summed E-state index contributed by atoms with van der Waals surface area (Å²) in [5, 5.41) is 21.6. The lowest BCUT2D eigenvalue weighted by Gasteiger charge is -2.35. The molecule has 0 aliphatic heterocycles. The minimum Gasteiger partial charge on any atom is -0.502 e. The van der Waals surface area contributed by atoms with E-state index in [9.17, 15) is 20.0 Å². The van der Waals surface area contributed by atoms with E-state index in [1.165, 1.54) is 6.07 Å². The van der Waals surface area contributed by atoms with Crippen molar-refractivity contribution in [2.75, 3.05) is 6.54 Å². The van der Waals surface area contributed by atoms with Crippen LogP contribution in [0.4, 0.5) is 0 Å². The lowest BCUT2D eigenvalue weighted by molar-refractivity contribution is -0.482. The van der Waals surface area contributed by atoms with Crippen LogP contribution in [0.1, 0.15) is 43.8 Å². The van der Waals surface area contributed by atoms with Crippen molar-refractivity contribution in [2.24, 2.45) is 0 Å². The molecule has 1 atom stereocenters. The molecule has 0 saturated carbocycles. The predicted molar refractivity (Wildman–Crippen MR) is 116 cm³/mol. The van der Waals surface area contributed by atoms with E-state index >= 15 is 0 Å². The molecule has 2 rings (SSSR count). The van der Waals surface area contributed by atoms with E-state index in [2.05, 4.69) is 49.8 Å². The molecule has 29 heavy (non-hydrogen) atoms. The molecule has 0 unspecified atom stereocenters. The Bertz CT molecular complexity index is 951. The molecular weight excluding hydrogens is 458 g/mol. The molecule has 1 N–H and O–H groups in total. The van der Waals surface area contributed by atoms with Gasteiger partial charge in [-0.05, 0) is 35.8 Å². The molecule has 1 aromatic carbocycles. The van der Waals surface area contributed by atoms with Crippen LogP contribution in [-0.2, 0) is 11.0 Å². The molecular formula is C20H26BrNO6Si. The third-order valence-corrected chi connectivity index (χ3v) is 10.3. The van der Waals surface area contributed by atoms with Crippen molar-refractivity contribution in [1.29, 1.82) is 0 Å². The minimum absolute atomic E-state index is 0.0302. The molecule has 0 bridgehead atoms. The van der Waals surface area contributed by atoms with Gasteiger partial charge in [-0.3, -0.25) is 14.9 Å². The summed E-state index contributed by atoms with van der Waals surface area (Å²) in [7, 11) is -2.10. The van der Waals surface area contributed by atoms with Crippen LogP contribution in [0.2, 0.25) is 18.1 Å². The third-order valence-electron chi connectivity index (χ3n) is 5.28. The Hall–Kier alpha value is -1.97. The summed E-state index contributed by atoms with van der Waals surface area (Å²) in [6.45, 7) is 9.96. The molecule has 0 fully saturated rings. The number of benzene rings is 1. The van der Waals surface area contributed by atoms with Gasteiger partial charge in [0.15, 0.2) is 14.1 Å². The number of hydrogen-bond acceptors (Lipinski definition) is 6. The second kappa shape index (κ2) is 8.81. The highest BCUT2D eigenvalue weighted by atomic mass is 79.9. The molecule has 0 aliphatic carbocycles. The molecule has 9 heteroatoms. The largest absolute Gasteiger partial charge is 0.502 e. The molecule has 0 saturated heterocycles. The Balaban J connectivity index is 2.47. The first-order chi connectivity index (χ1) is 13.3. The van der Waals surface area contributed by atoms with Gasteiger partial charge < -0.3 is 13.9 Å². The van der Waals surface area contributed by atoms with Crippen molar-refractivity contribution in [3.8, 4) is 5.75 Å². The molecule has 158 valence electrons. The monoisotopic (exact) mass is 483 g/mol. The van der Waals surface area contributed by atoms with Gasteiger partial charge >= 0.3 is 0 Å². The van der Waals surface area contributed by atoms with Crippen LogP contribution in [0.15, 0.2) is 44.0 Å². The number of nitrogens with zero attached hydrogens (tertiary/aromatic N) is 1. The fraction of sp³-hybridized carbons (Fsp3) is 0.450. The molecule has 0 radical (unpaired) electrons. The highest BCUT2D eigenvalue weighted by Crippen LogP contribution is 2.37. The second-order valence-corrected chi connectivity index (χ2v) is 14.2. The van der Waals surface area contributed by atoms with Crippen LogP contribution in [0, 0.1) is 10.1 Å². The van der Waals surface area contributed by atoms with Crippen molar-refractivity contribution in [1.82, 2.24) is 0 Å². The van der Waals surface area contributed by atoms with E-state index in [4.69, 9.17) is 8.84 Å². The highest BCUT2D eigenvalue weighted by molar-refractivity contribution is 9.10. The number of aromatic hydroxyl groups is 1. The van der Waals surface area contributed by atoms with Crippen molar-refractivity contribution >= 4 is 24.2 Å². The maximum atomic E-state index is 12.3. The minimum atomic E-state index is -2.10. The zero-order valence-electron chi connectivity index (χ0n) is 17.2. The van der Waals surface area contributed by atoms with Gasteiger partial charge in [0.1, 0.15) is 11.7 Å². The number of nitro groups is 1. The van der Waals surface area contributed by atoms with Crippen LogP contribution in [0.5, 0.6) is 5.75 Å². The van der Waals surface area contributed by atoms with Crippen LogP contribution in [0.25, 0.3) is 0 Å². The molecule has 0 aliphatic rings.